The molecule has 0 spiro atoms. The minimum absolute atomic E-state index is 0.385. The van der Waals surface area contributed by atoms with Gasteiger partial charge in [0.1, 0.15) is 16.3 Å². The number of nitrogens with zero attached hydrogens (tertiary/aromatic N) is 2. The lowest BCUT2D eigenvalue weighted by Crippen LogP contribution is -2.36. The van der Waals surface area contributed by atoms with Crippen LogP contribution in [0.3, 0.4) is 0 Å². The van der Waals surface area contributed by atoms with Gasteiger partial charge in [-0.1, -0.05) is 24.3 Å². The molecule has 0 saturated carbocycles. The van der Waals surface area contributed by atoms with Gasteiger partial charge in [0.25, 0.3) is 5.56 Å². The van der Waals surface area contributed by atoms with Gasteiger partial charge in [0.15, 0.2) is 0 Å². The molecular formula is C22H19N3O4S. The first-order valence-corrected chi connectivity index (χ1v) is 9.94. The number of fused-ring (bicyclic) bond motifs is 1. The summed E-state index contributed by atoms with van der Waals surface area (Å²) in [5.74, 6) is 1.43. The molecule has 0 unspecified atom stereocenters. The Bertz CT molecular complexity index is 1180. The van der Waals surface area contributed by atoms with Gasteiger partial charge in [-0.15, -0.1) is 0 Å². The zero-order valence-corrected chi connectivity index (χ0v) is 17.2. The number of methoxy groups -OCH3 is 2. The summed E-state index contributed by atoms with van der Waals surface area (Å²) in [6.07, 6.45) is 1.60. The van der Waals surface area contributed by atoms with E-state index in [0.717, 1.165) is 26.6 Å². The van der Waals surface area contributed by atoms with Gasteiger partial charge in [0.05, 0.1) is 25.6 Å². The minimum atomic E-state index is -0.514. The van der Waals surface area contributed by atoms with Crippen molar-refractivity contribution in [2.75, 3.05) is 14.2 Å². The number of hydrogen-bond donors (Lipinski definition) is 1. The molecule has 152 valence electrons. The summed E-state index contributed by atoms with van der Waals surface area (Å²) < 4.78 is 11.6. The summed E-state index contributed by atoms with van der Waals surface area (Å²) in [5.41, 5.74) is 1.31. The van der Waals surface area contributed by atoms with Crippen LogP contribution in [-0.2, 0) is 0 Å². The van der Waals surface area contributed by atoms with E-state index in [4.69, 9.17) is 9.47 Å². The molecule has 0 saturated heterocycles. The number of carbonyl (C=O) groups is 1. The fourth-order valence-corrected chi connectivity index (χ4v) is 3.98. The number of amides is 1. The molecule has 7 nitrogen and oxygen atoms in total. The third-order valence-corrected chi connectivity index (χ3v) is 5.73. The molecule has 4 rings (SSSR count). The van der Waals surface area contributed by atoms with E-state index >= 15 is 0 Å². The number of pyridine rings is 1. The highest BCUT2D eigenvalue weighted by atomic mass is 32.1. The largest absolute Gasteiger partial charge is 0.497 e. The summed E-state index contributed by atoms with van der Waals surface area (Å²) >= 11 is 1.02. The highest BCUT2D eigenvalue weighted by molar-refractivity contribution is 7.14. The number of carbonyl (C=O) groups excluding carboxylic acids is 1. The maximum Gasteiger partial charge on any atom is 0.339 e. The second-order valence-electron chi connectivity index (χ2n) is 6.48. The van der Waals surface area contributed by atoms with Crippen LogP contribution in [0.4, 0.5) is 4.79 Å². The Morgan fingerprint density at radius 2 is 1.53 bits per heavy atom. The normalized spacial score (nSPS) is 10.9. The molecular weight excluding hydrogens is 402 g/mol. The predicted octanol–water partition coefficient (Wildman–Crippen LogP) is 3.82. The summed E-state index contributed by atoms with van der Waals surface area (Å²) in [4.78, 5) is 30.3. The first kappa shape index (κ1) is 19.7. The fourth-order valence-electron chi connectivity index (χ4n) is 3.13. The van der Waals surface area contributed by atoms with Crippen LogP contribution in [0.15, 0.2) is 71.7 Å². The van der Waals surface area contributed by atoms with Gasteiger partial charge in [-0.2, -0.15) is 3.96 Å². The van der Waals surface area contributed by atoms with E-state index in [1.165, 1.54) is 0 Å². The average Bonchev–Trinajstić information content (AvgIpc) is 3.14. The van der Waals surface area contributed by atoms with Crippen LogP contribution in [0, 0.1) is 0 Å². The van der Waals surface area contributed by atoms with Gasteiger partial charge in [-0.05, 0) is 59.1 Å². The molecule has 0 aliphatic carbocycles. The van der Waals surface area contributed by atoms with E-state index in [1.54, 1.807) is 32.5 Å². The molecule has 2 aromatic carbocycles. The summed E-state index contributed by atoms with van der Waals surface area (Å²) in [6.45, 7) is 0. The Labute approximate surface area is 176 Å². The molecule has 0 bridgehead atoms. The first-order valence-electron chi connectivity index (χ1n) is 9.16. The number of hydrogen-bond acceptors (Lipinski definition) is 6. The Kier molecular flexibility index (Phi) is 5.49. The van der Waals surface area contributed by atoms with Crippen molar-refractivity contribution in [1.29, 1.82) is 0 Å². The smallest absolute Gasteiger partial charge is 0.339 e. The van der Waals surface area contributed by atoms with Gasteiger partial charge in [0.2, 0.25) is 0 Å². The van der Waals surface area contributed by atoms with Crippen LogP contribution in [0.25, 0.3) is 10.2 Å². The van der Waals surface area contributed by atoms with E-state index in [1.807, 2.05) is 48.5 Å². The van der Waals surface area contributed by atoms with Crippen LogP contribution in [-0.4, -0.2) is 29.2 Å². The second kappa shape index (κ2) is 8.38. The van der Waals surface area contributed by atoms with Crippen molar-refractivity contribution < 1.29 is 14.3 Å². The van der Waals surface area contributed by atoms with Crippen LogP contribution in [0.1, 0.15) is 17.2 Å². The molecule has 0 atom stereocenters. The maximum absolute atomic E-state index is 13.0. The van der Waals surface area contributed by atoms with E-state index in [-0.39, 0.29) is 5.56 Å². The molecule has 4 aromatic rings. The van der Waals surface area contributed by atoms with Crippen LogP contribution in [0.2, 0.25) is 0 Å². The van der Waals surface area contributed by atoms with Gasteiger partial charge in [-0.3, -0.25) is 4.79 Å². The first-order chi connectivity index (χ1) is 14.6. The summed E-state index contributed by atoms with van der Waals surface area (Å²) in [7, 11) is 3.19. The van der Waals surface area contributed by atoms with Gasteiger partial charge in [-0.25, -0.2) is 9.78 Å². The summed E-state index contributed by atoms with van der Waals surface area (Å²) in [5, 5.41) is 3.39. The van der Waals surface area contributed by atoms with Crippen molar-refractivity contribution in [3.05, 3.63) is 88.3 Å². The molecule has 1 amide bonds. The van der Waals surface area contributed by atoms with Crippen molar-refractivity contribution in [1.82, 2.24) is 14.3 Å². The quantitative estimate of drug-likeness (QED) is 0.530. The fraction of sp³-hybridized carbons (Fsp3) is 0.136. The third-order valence-electron chi connectivity index (χ3n) is 4.71. The predicted molar refractivity (Wildman–Crippen MR) is 116 cm³/mol. The lowest BCUT2D eigenvalue weighted by atomic mass is 9.98. The highest BCUT2D eigenvalue weighted by Crippen LogP contribution is 2.26. The Morgan fingerprint density at radius 3 is 2.03 bits per heavy atom. The van der Waals surface area contributed by atoms with Crippen molar-refractivity contribution in [2.24, 2.45) is 0 Å². The SMILES string of the molecule is COc1ccc(C(NC(=O)n2sc3ncccc3c2=O)c2ccc(OC)cc2)cc1. The molecule has 2 aromatic heterocycles. The molecule has 0 aliphatic heterocycles. The Balaban J connectivity index is 1.71. The number of nitrogens with one attached hydrogen (secondary N) is 1. The van der Waals surface area contributed by atoms with E-state index < -0.39 is 12.1 Å². The van der Waals surface area contributed by atoms with Gasteiger partial charge >= 0.3 is 6.03 Å². The third kappa shape index (κ3) is 3.77. The second-order valence-corrected chi connectivity index (χ2v) is 7.41. The topological polar surface area (TPSA) is 82.5 Å². The standard InChI is InChI=1S/C22H19N3O4S/c1-28-16-9-5-14(6-10-16)19(15-7-11-17(29-2)12-8-15)24-22(27)25-21(26)18-4-3-13-23-20(18)30-25/h3-13,19H,1-2H3,(H,24,27). The Hall–Kier alpha value is -3.65. The molecule has 1 N–H and O–H groups in total. The Morgan fingerprint density at radius 1 is 0.967 bits per heavy atom. The number of aromatic nitrogens is 2. The van der Waals surface area contributed by atoms with Crippen molar-refractivity contribution in [3.63, 3.8) is 0 Å². The van der Waals surface area contributed by atoms with Crippen molar-refractivity contribution in [2.45, 2.75) is 6.04 Å². The minimum Gasteiger partial charge on any atom is -0.497 e. The molecule has 0 radical (unpaired) electrons. The monoisotopic (exact) mass is 421 g/mol. The molecule has 8 heteroatoms. The zero-order chi connectivity index (χ0) is 21.1. The zero-order valence-electron chi connectivity index (χ0n) is 16.4. The number of rotatable bonds is 5. The molecule has 2 heterocycles. The van der Waals surface area contributed by atoms with Crippen LogP contribution in [0.5, 0.6) is 11.5 Å². The lowest BCUT2D eigenvalue weighted by Gasteiger charge is -2.20. The van der Waals surface area contributed by atoms with Crippen LogP contribution < -0.4 is 20.3 Å². The van der Waals surface area contributed by atoms with E-state index in [2.05, 4.69) is 10.3 Å². The highest BCUT2D eigenvalue weighted by Gasteiger charge is 2.21. The van der Waals surface area contributed by atoms with E-state index in [9.17, 15) is 9.59 Å². The maximum atomic E-state index is 13.0. The number of benzene rings is 2. The average molecular weight is 421 g/mol. The van der Waals surface area contributed by atoms with Crippen molar-refractivity contribution >= 4 is 27.8 Å². The van der Waals surface area contributed by atoms with Crippen molar-refractivity contribution in [3.8, 4) is 11.5 Å². The lowest BCUT2D eigenvalue weighted by molar-refractivity contribution is 0.241. The van der Waals surface area contributed by atoms with E-state index in [0.29, 0.717) is 21.7 Å². The van der Waals surface area contributed by atoms with Crippen LogP contribution >= 0.6 is 11.5 Å². The molecule has 30 heavy (non-hydrogen) atoms. The van der Waals surface area contributed by atoms with Gasteiger partial charge < -0.3 is 14.8 Å². The summed E-state index contributed by atoms with van der Waals surface area (Å²) in [6, 6.07) is 17.2. The van der Waals surface area contributed by atoms with Gasteiger partial charge in [0, 0.05) is 6.20 Å². The molecule has 0 aliphatic rings. The number of ether oxygens (including phenoxy) is 2. The molecule has 0 fully saturated rings.